The minimum absolute atomic E-state index is 0.0639. The summed E-state index contributed by atoms with van der Waals surface area (Å²) in [4.78, 5) is 32.0. The molecule has 3 aromatic rings. The first kappa shape index (κ1) is 17.9. The van der Waals surface area contributed by atoms with E-state index in [9.17, 15) is 4.79 Å². The second kappa shape index (κ2) is 7.33. The van der Waals surface area contributed by atoms with Crippen molar-refractivity contribution in [3.8, 4) is 11.4 Å². The van der Waals surface area contributed by atoms with Gasteiger partial charge in [0, 0.05) is 31.0 Å². The number of likely N-dealkylation sites (tertiary alicyclic amines) is 1. The summed E-state index contributed by atoms with van der Waals surface area (Å²) in [5.41, 5.74) is 3.09. The van der Waals surface area contributed by atoms with Gasteiger partial charge in [-0.15, -0.1) is 0 Å². The Kier molecular flexibility index (Phi) is 4.52. The van der Waals surface area contributed by atoms with Crippen LogP contribution in [0.4, 0.5) is 0 Å². The first-order valence-corrected chi connectivity index (χ1v) is 9.86. The molecular weight excluding hydrogens is 366 g/mol. The van der Waals surface area contributed by atoms with Gasteiger partial charge in [-0.05, 0) is 30.9 Å². The fourth-order valence-electron chi connectivity index (χ4n) is 4.17. The number of piperidine rings is 1. The molecule has 0 saturated carbocycles. The highest BCUT2D eigenvalue weighted by Crippen LogP contribution is 2.41. The number of hydrogen-bond acceptors (Lipinski definition) is 6. The van der Waals surface area contributed by atoms with Gasteiger partial charge in [0.15, 0.2) is 5.82 Å². The normalized spacial score (nSPS) is 17.7. The number of carbonyl (C=O) groups is 1. The third-order valence-electron chi connectivity index (χ3n) is 5.74. The second-order valence-corrected chi connectivity index (χ2v) is 7.41. The van der Waals surface area contributed by atoms with Crippen LogP contribution < -0.4 is 0 Å². The summed E-state index contributed by atoms with van der Waals surface area (Å²) in [5.74, 6) is 0.652. The van der Waals surface area contributed by atoms with Crippen LogP contribution >= 0.6 is 0 Å². The molecule has 29 heavy (non-hydrogen) atoms. The number of hydrogen-bond donors (Lipinski definition) is 0. The van der Waals surface area contributed by atoms with Gasteiger partial charge in [-0.2, -0.15) is 0 Å². The predicted octanol–water partition coefficient (Wildman–Crippen LogP) is 2.64. The molecule has 5 rings (SSSR count). The molecule has 0 radical (unpaired) electrons. The van der Waals surface area contributed by atoms with Crippen molar-refractivity contribution >= 4 is 5.91 Å². The van der Waals surface area contributed by atoms with Crippen LogP contribution in [0.25, 0.3) is 11.4 Å². The highest BCUT2D eigenvalue weighted by molar-refractivity contribution is 5.92. The van der Waals surface area contributed by atoms with Crippen molar-refractivity contribution in [3.63, 3.8) is 0 Å². The molecule has 2 aromatic heterocycles. The molecule has 4 heterocycles. The first-order chi connectivity index (χ1) is 14.3. The van der Waals surface area contributed by atoms with E-state index in [4.69, 9.17) is 9.72 Å². The van der Waals surface area contributed by atoms with Crippen molar-refractivity contribution < 1.29 is 9.53 Å². The SMILES string of the molecule is O=C(c1ccncn1)N1CCC2(CC1)OCCc1cnc(-c3ccccc3)nc12. The van der Waals surface area contributed by atoms with E-state index >= 15 is 0 Å². The standard InChI is InChI=1S/C22H21N5O2/c28-21(18-6-10-23-15-25-18)27-11-8-22(9-12-27)19-17(7-13-29-22)14-24-20(26-19)16-4-2-1-3-5-16/h1-6,10,14-15H,7-9,11-13H2. The van der Waals surface area contributed by atoms with E-state index in [0.717, 1.165) is 23.2 Å². The highest BCUT2D eigenvalue weighted by Gasteiger charge is 2.43. The molecule has 7 heteroatoms. The van der Waals surface area contributed by atoms with Crippen molar-refractivity contribution in [2.75, 3.05) is 19.7 Å². The minimum Gasteiger partial charge on any atom is -0.368 e. The lowest BCUT2D eigenvalue weighted by Crippen LogP contribution is -2.49. The number of ether oxygens (including phenoxy) is 1. The maximum atomic E-state index is 12.7. The molecular formula is C22H21N5O2. The Hall–Kier alpha value is -3.19. The van der Waals surface area contributed by atoms with E-state index in [0.29, 0.717) is 44.1 Å². The maximum Gasteiger partial charge on any atom is 0.272 e. The Labute approximate surface area is 168 Å². The van der Waals surface area contributed by atoms with E-state index in [1.807, 2.05) is 41.4 Å². The quantitative estimate of drug-likeness (QED) is 0.672. The summed E-state index contributed by atoms with van der Waals surface area (Å²) in [6.07, 6.45) is 7.17. The molecule has 2 aliphatic rings. The third-order valence-corrected chi connectivity index (χ3v) is 5.74. The summed E-state index contributed by atoms with van der Waals surface area (Å²) in [7, 11) is 0. The van der Waals surface area contributed by atoms with Gasteiger partial charge in [-0.1, -0.05) is 30.3 Å². The van der Waals surface area contributed by atoms with Crippen LogP contribution in [0.15, 0.2) is 55.1 Å². The van der Waals surface area contributed by atoms with E-state index in [1.54, 1.807) is 12.3 Å². The Bertz CT molecular complexity index is 1020. The van der Waals surface area contributed by atoms with E-state index in [-0.39, 0.29) is 5.91 Å². The van der Waals surface area contributed by atoms with Crippen LogP contribution in [-0.4, -0.2) is 50.4 Å². The van der Waals surface area contributed by atoms with Crippen molar-refractivity contribution in [1.82, 2.24) is 24.8 Å². The van der Waals surface area contributed by atoms with E-state index in [1.165, 1.54) is 6.33 Å². The van der Waals surface area contributed by atoms with Gasteiger partial charge in [0.25, 0.3) is 5.91 Å². The Morgan fingerprint density at radius 3 is 2.66 bits per heavy atom. The van der Waals surface area contributed by atoms with Crippen molar-refractivity contribution in [3.05, 3.63) is 72.1 Å². The average Bonchev–Trinajstić information content (AvgIpc) is 2.80. The monoisotopic (exact) mass is 387 g/mol. The number of fused-ring (bicyclic) bond motifs is 2. The van der Waals surface area contributed by atoms with Crippen LogP contribution in [0.5, 0.6) is 0 Å². The summed E-state index contributed by atoms with van der Waals surface area (Å²) in [6.45, 7) is 1.86. The molecule has 1 fully saturated rings. The van der Waals surface area contributed by atoms with Gasteiger partial charge in [0.2, 0.25) is 0 Å². The number of amides is 1. The fourth-order valence-corrected chi connectivity index (χ4v) is 4.17. The molecule has 1 saturated heterocycles. The highest BCUT2D eigenvalue weighted by atomic mass is 16.5. The van der Waals surface area contributed by atoms with Crippen LogP contribution in [0, 0.1) is 0 Å². The second-order valence-electron chi connectivity index (χ2n) is 7.41. The van der Waals surface area contributed by atoms with Crippen LogP contribution in [0.2, 0.25) is 0 Å². The van der Waals surface area contributed by atoms with Gasteiger partial charge in [-0.25, -0.2) is 19.9 Å². The smallest absolute Gasteiger partial charge is 0.272 e. The Morgan fingerprint density at radius 1 is 1.07 bits per heavy atom. The van der Waals surface area contributed by atoms with Gasteiger partial charge in [-0.3, -0.25) is 4.79 Å². The lowest BCUT2D eigenvalue weighted by Gasteiger charge is -2.44. The number of aromatic nitrogens is 4. The molecule has 146 valence electrons. The molecule has 0 bridgehead atoms. The van der Waals surface area contributed by atoms with E-state index in [2.05, 4.69) is 15.0 Å². The lowest BCUT2D eigenvalue weighted by molar-refractivity contribution is -0.0967. The first-order valence-electron chi connectivity index (χ1n) is 9.86. The third kappa shape index (κ3) is 3.27. The molecule has 0 aliphatic carbocycles. The Morgan fingerprint density at radius 2 is 1.90 bits per heavy atom. The fraction of sp³-hybridized carbons (Fsp3) is 0.318. The van der Waals surface area contributed by atoms with Crippen LogP contribution in [0.3, 0.4) is 0 Å². The average molecular weight is 387 g/mol. The van der Waals surface area contributed by atoms with E-state index < -0.39 is 5.60 Å². The van der Waals surface area contributed by atoms with Gasteiger partial charge in [0.1, 0.15) is 17.6 Å². The van der Waals surface area contributed by atoms with Crippen LogP contribution in [0.1, 0.15) is 34.6 Å². The topological polar surface area (TPSA) is 81.1 Å². The number of carbonyl (C=O) groups excluding carboxylic acids is 1. The van der Waals surface area contributed by atoms with Crippen LogP contribution in [-0.2, 0) is 16.8 Å². The van der Waals surface area contributed by atoms with Crippen molar-refractivity contribution in [2.24, 2.45) is 0 Å². The number of rotatable bonds is 2. The van der Waals surface area contributed by atoms with Gasteiger partial charge in [0.05, 0.1) is 12.3 Å². The van der Waals surface area contributed by atoms with Gasteiger partial charge >= 0.3 is 0 Å². The molecule has 0 atom stereocenters. The maximum absolute atomic E-state index is 12.7. The number of benzene rings is 1. The zero-order chi connectivity index (χ0) is 19.7. The number of nitrogens with zero attached hydrogens (tertiary/aromatic N) is 5. The van der Waals surface area contributed by atoms with Crippen molar-refractivity contribution in [2.45, 2.75) is 24.9 Å². The zero-order valence-corrected chi connectivity index (χ0v) is 16.0. The molecule has 0 unspecified atom stereocenters. The van der Waals surface area contributed by atoms with Gasteiger partial charge < -0.3 is 9.64 Å². The summed E-state index contributed by atoms with van der Waals surface area (Å²) in [5, 5.41) is 0. The summed E-state index contributed by atoms with van der Waals surface area (Å²) in [6, 6.07) is 11.6. The molecule has 0 N–H and O–H groups in total. The summed E-state index contributed by atoms with van der Waals surface area (Å²) >= 11 is 0. The molecule has 7 nitrogen and oxygen atoms in total. The molecule has 1 amide bonds. The predicted molar refractivity (Wildman–Crippen MR) is 106 cm³/mol. The largest absolute Gasteiger partial charge is 0.368 e. The molecule has 1 aromatic carbocycles. The lowest BCUT2D eigenvalue weighted by atomic mass is 9.83. The molecule has 1 spiro atoms. The zero-order valence-electron chi connectivity index (χ0n) is 16.0. The summed E-state index contributed by atoms with van der Waals surface area (Å²) < 4.78 is 6.30. The molecule has 2 aliphatic heterocycles. The Balaban J connectivity index is 1.41. The van der Waals surface area contributed by atoms with Crippen molar-refractivity contribution in [1.29, 1.82) is 0 Å². The minimum atomic E-state index is -0.456.